The number of hydrogen-bond acceptors (Lipinski definition) is 4. The first kappa shape index (κ1) is 9.77. The number of hydrogen-bond donors (Lipinski definition) is 2. The van der Waals surface area contributed by atoms with Crippen molar-refractivity contribution in [2.75, 3.05) is 11.1 Å². The van der Waals surface area contributed by atoms with Crippen molar-refractivity contribution < 1.29 is 0 Å². The second-order valence-electron chi connectivity index (χ2n) is 3.95. The van der Waals surface area contributed by atoms with Crippen LogP contribution in [0, 0.1) is 0 Å². The third kappa shape index (κ3) is 2.61. The van der Waals surface area contributed by atoms with Crippen molar-refractivity contribution in [3.8, 4) is 0 Å². The molecule has 3 nitrogen and oxygen atoms in total. The monoisotopic (exact) mass is 211 g/mol. The lowest BCUT2D eigenvalue weighted by Crippen LogP contribution is -2.17. The number of nitrogens with two attached hydrogens (primary N) is 1. The standard InChI is InChI=1S/C10H17N3S/c11-9-7-10(14-13-9)12-8-5-3-1-2-4-6-8/h7-8,12H,1-6H2,(H2,11,13). The van der Waals surface area contributed by atoms with E-state index in [9.17, 15) is 0 Å². The van der Waals surface area contributed by atoms with Crippen LogP contribution in [0.5, 0.6) is 0 Å². The lowest BCUT2D eigenvalue weighted by Gasteiger charge is -2.15. The van der Waals surface area contributed by atoms with Crippen molar-refractivity contribution in [1.82, 2.24) is 4.37 Å². The van der Waals surface area contributed by atoms with Crippen molar-refractivity contribution in [3.05, 3.63) is 6.07 Å². The van der Waals surface area contributed by atoms with Crippen LogP contribution >= 0.6 is 11.5 Å². The summed E-state index contributed by atoms with van der Waals surface area (Å²) in [6.07, 6.45) is 8.07. The molecule has 0 aliphatic heterocycles. The van der Waals surface area contributed by atoms with E-state index in [2.05, 4.69) is 9.69 Å². The average Bonchev–Trinajstić information content (AvgIpc) is 2.43. The third-order valence-electron chi connectivity index (χ3n) is 2.73. The summed E-state index contributed by atoms with van der Waals surface area (Å²) in [7, 11) is 0. The molecule has 1 aromatic rings. The summed E-state index contributed by atoms with van der Waals surface area (Å²) in [5.41, 5.74) is 5.57. The fourth-order valence-corrected chi connectivity index (χ4v) is 2.63. The number of anilines is 2. The molecule has 1 aromatic heterocycles. The number of rotatable bonds is 2. The van der Waals surface area contributed by atoms with Gasteiger partial charge in [-0.3, -0.25) is 0 Å². The minimum atomic E-state index is 0.631. The Morgan fingerprint density at radius 2 is 2.00 bits per heavy atom. The fourth-order valence-electron chi connectivity index (χ4n) is 1.98. The molecule has 0 unspecified atom stereocenters. The molecule has 0 spiro atoms. The Bertz CT molecular complexity index is 277. The molecule has 1 heterocycles. The molecular formula is C10H17N3S. The highest BCUT2D eigenvalue weighted by atomic mass is 32.1. The normalized spacial score (nSPS) is 19.1. The van der Waals surface area contributed by atoms with E-state index < -0.39 is 0 Å². The van der Waals surface area contributed by atoms with Gasteiger partial charge in [-0.15, -0.1) is 0 Å². The van der Waals surface area contributed by atoms with Crippen molar-refractivity contribution in [2.24, 2.45) is 0 Å². The van der Waals surface area contributed by atoms with Crippen molar-refractivity contribution in [1.29, 1.82) is 0 Å². The van der Waals surface area contributed by atoms with E-state index in [4.69, 9.17) is 5.73 Å². The zero-order valence-corrected chi connectivity index (χ0v) is 9.15. The summed E-state index contributed by atoms with van der Waals surface area (Å²) in [5, 5.41) is 4.64. The predicted octanol–water partition coefficient (Wildman–Crippen LogP) is 2.86. The van der Waals surface area contributed by atoms with Crippen LogP contribution in [-0.4, -0.2) is 10.4 Å². The van der Waals surface area contributed by atoms with E-state index >= 15 is 0 Å². The van der Waals surface area contributed by atoms with Crippen LogP contribution in [0.25, 0.3) is 0 Å². The summed E-state index contributed by atoms with van der Waals surface area (Å²) >= 11 is 1.46. The maximum absolute atomic E-state index is 5.57. The van der Waals surface area contributed by atoms with E-state index in [1.54, 1.807) is 0 Å². The Kier molecular flexibility index (Phi) is 3.24. The van der Waals surface area contributed by atoms with Crippen LogP contribution in [0.3, 0.4) is 0 Å². The number of nitrogen functional groups attached to an aromatic ring is 1. The summed E-state index contributed by atoms with van der Waals surface area (Å²) in [5.74, 6) is 0.631. The Hall–Kier alpha value is -0.770. The third-order valence-corrected chi connectivity index (χ3v) is 3.46. The van der Waals surface area contributed by atoms with Crippen LogP contribution in [0.15, 0.2) is 6.07 Å². The molecule has 78 valence electrons. The minimum Gasteiger partial charge on any atom is -0.383 e. The van der Waals surface area contributed by atoms with E-state index in [1.165, 1.54) is 50.1 Å². The van der Waals surface area contributed by atoms with E-state index in [0.717, 1.165) is 5.00 Å². The highest BCUT2D eigenvalue weighted by Gasteiger charge is 2.12. The fraction of sp³-hybridized carbons (Fsp3) is 0.700. The summed E-state index contributed by atoms with van der Waals surface area (Å²) in [6.45, 7) is 0. The summed E-state index contributed by atoms with van der Waals surface area (Å²) in [4.78, 5) is 0. The highest BCUT2D eigenvalue weighted by molar-refractivity contribution is 7.10. The van der Waals surface area contributed by atoms with Gasteiger partial charge in [0.15, 0.2) is 0 Å². The number of aromatic nitrogens is 1. The van der Waals surface area contributed by atoms with E-state index in [1.807, 2.05) is 6.07 Å². The van der Waals surface area contributed by atoms with Crippen LogP contribution in [0.1, 0.15) is 38.5 Å². The van der Waals surface area contributed by atoms with Gasteiger partial charge in [0.05, 0.1) is 0 Å². The molecule has 0 amide bonds. The van der Waals surface area contributed by atoms with Crippen molar-refractivity contribution in [2.45, 2.75) is 44.6 Å². The quantitative estimate of drug-likeness (QED) is 0.740. The first-order valence-corrected chi connectivity index (χ1v) is 6.10. The molecule has 1 saturated carbocycles. The lowest BCUT2D eigenvalue weighted by atomic mass is 10.1. The first-order valence-electron chi connectivity index (χ1n) is 5.33. The minimum absolute atomic E-state index is 0.631. The largest absolute Gasteiger partial charge is 0.383 e. The van der Waals surface area contributed by atoms with Gasteiger partial charge in [0.25, 0.3) is 0 Å². The van der Waals surface area contributed by atoms with Gasteiger partial charge >= 0.3 is 0 Å². The molecule has 3 N–H and O–H groups in total. The predicted molar refractivity (Wildman–Crippen MR) is 61.6 cm³/mol. The molecule has 0 bridgehead atoms. The second kappa shape index (κ2) is 4.64. The van der Waals surface area contributed by atoms with Crippen LogP contribution in [-0.2, 0) is 0 Å². The van der Waals surface area contributed by atoms with Gasteiger partial charge in [-0.2, -0.15) is 4.37 Å². The lowest BCUT2D eigenvalue weighted by molar-refractivity contribution is 0.621. The maximum Gasteiger partial charge on any atom is 0.139 e. The molecule has 0 saturated heterocycles. The highest BCUT2D eigenvalue weighted by Crippen LogP contribution is 2.24. The smallest absolute Gasteiger partial charge is 0.139 e. The van der Waals surface area contributed by atoms with Gasteiger partial charge < -0.3 is 11.1 Å². The molecule has 0 aromatic carbocycles. The Balaban J connectivity index is 1.89. The van der Waals surface area contributed by atoms with Gasteiger partial charge in [0, 0.05) is 12.1 Å². The maximum atomic E-state index is 5.57. The van der Waals surface area contributed by atoms with E-state index in [0.29, 0.717) is 11.9 Å². The molecule has 0 radical (unpaired) electrons. The molecule has 4 heteroatoms. The van der Waals surface area contributed by atoms with Crippen molar-refractivity contribution in [3.63, 3.8) is 0 Å². The Morgan fingerprint density at radius 1 is 1.29 bits per heavy atom. The molecular weight excluding hydrogens is 194 g/mol. The van der Waals surface area contributed by atoms with Crippen LogP contribution < -0.4 is 11.1 Å². The van der Waals surface area contributed by atoms with Crippen LogP contribution in [0.2, 0.25) is 0 Å². The van der Waals surface area contributed by atoms with Gasteiger partial charge in [0.1, 0.15) is 10.8 Å². The first-order chi connectivity index (χ1) is 6.84. The second-order valence-corrected chi connectivity index (χ2v) is 4.75. The zero-order valence-electron chi connectivity index (χ0n) is 8.33. The average molecular weight is 211 g/mol. The molecule has 1 fully saturated rings. The van der Waals surface area contributed by atoms with Gasteiger partial charge in [-0.1, -0.05) is 25.7 Å². The number of nitrogens with zero attached hydrogens (tertiary/aromatic N) is 1. The topological polar surface area (TPSA) is 50.9 Å². The molecule has 14 heavy (non-hydrogen) atoms. The zero-order chi connectivity index (χ0) is 9.80. The number of nitrogens with one attached hydrogen (secondary N) is 1. The molecule has 1 aliphatic carbocycles. The SMILES string of the molecule is Nc1cc(NC2CCCCCC2)sn1. The van der Waals surface area contributed by atoms with Gasteiger partial charge in [0.2, 0.25) is 0 Å². The van der Waals surface area contributed by atoms with Crippen LogP contribution in [0.4, 0.5) is 10.8 Å². The Labute approximate surface area is 88.9 Å². The Morgan fingerprint density at radius 3 is 2.57 bits per heavy atom. The molecule has 1 aliphatic rings. The summed E-state index contributed by atoms with van der Waals surface area (Å²) in [6, 6.07) is 2.56. The molecule has 2 rings (SSSR count). The summed E-state index contributed by atoms with van der Waals surface area (Å²) < 4.78 is 4.06. The van der Waals surface area contributed by atoms with Gasteiger partial charge in [-0.25, -0.2) is 0 Å². The van der Waals surface area contributed by atoms with Crippen molar-refractivity contribution >= 4 is 22.4 Å². The van der Waals surface area contributed by atoms with E-state index in [-0.39, 0.29) is 0 Å². The molecule has 0 atom stereocenters. The van der Waals surface area contributed by atoms with Gasteiger partial charge in [-0.05, 0) is 24.4 Å².